The number of benzene rings is 1. The van der Waals surface area contributed by atoms with E-state index in [1.807, 2.05) is 45.9 Å². The molecule has 122 valence electrons. The van der Waals surface area contributed by atoms with Crippen molar-refractivity contribution < 1.29 is 4.79 Å². The molecule has 0 saturated heterocycles. The van der Waals surface area contributed by atoms with Crippen LogP contribution in [0.4, 0.5) is 11.6 Å². The maximum absolute atomic E-state index is 12.2. The minimum Gasteiger partial charge on any atom is -0.348 e. The molecule has 2 N–H and O–H groups in total. The van der Waals surface area contributed by atoms with Gasteiger partial charge in [-0.1, -0.05) is 28.9 Å². The second kappa shape index (κ2) is 7.55. The van der Waals surface area contributed by atoms with E-state index < -0.39 is 0 Å². The quantitative estimate of drug-likeness (QED) is 0.822. The number of rotatable bonds is 5. The molecule has 0 fully saturated rings. The van der Waals surface area contributed by atoms with E-state index in [0.29, 0.717) is 11.6 Å². The summed E-state index contributed by atoms with van der Waals surface area (Å²) in [6.07, 6.45) is 0.873. The monoisotopic (exact) mass is 376 g/mol. The van der Waals surface area contributed by atoms with Gasteiger partial charge in [0.05, 0.1) is 0 Å². The van der Waals surface area contributed by atoms with Gasteiger partial charge in [-0.25, -0.2) is 9.97 Å². The Labute approximate surface area is 145 Å². The number of nitrogens with zero attached hydrogens (tertiary/aromatic N) is 2. The van der Waals surface area contributed by atoms with Crippen molar-refractivity contribution in [2.45, 2.75) is 40.2 Å². The Kier molecular flexibility index (Phi) is 5.71. The van der Waals surface area contributed by atoms with Crippen LogP contribution in [0.5, 0.6) is 0 Å². The fraction of sp³-hybridized carbons (Fsp3) is 0.353. The molecule has 0 aliphatic rings. The standard InChI is InChI=1S/C17H21BrN4O/c1-5-11(3)19-16(23)15-8-12(4)20-17(22-15)21-13-7-6-10(2)14(18)9-13/h6-9,11H,5H2,1-4H3,(H,19,23)(H,20,21,22). The largest absolute Gasteiger partial charge is 0.348 e. The van der Waals surface area contributed by atoms with Crippen LogP contribution in [0.3, 0.4) is 0 Å². The molecule has 1 atom stereocenters. The van der Waals surface area contributed by atoms with Crippen molar-refractivity contribution in [3.8, 4) is 0 Å². The molecule has 0 aliphatic heterocycles. The highest BCUT2D eigenvalue weighted by atomic mass is 79.9. The van der Waals surface area contributed by atoms with Gasteiger partial charge >= 0.3 is 0 Å². The van der Waals surface area contributed by atoms with Gasteiger partial charge in [0, 0.05) is 21.9 Å². The average molecular weight is 377 g/mol. The SMILES string of the molecule is CCC(C)NC(=O)c1cc(C)nc(Nc2ccc(C)c(Br)c2)n1. The predicted octanol–water partition coefficient (Wildman–Crippen LogP) is 4.13. The van der Waals surface area contributed by atoms with Crippen LogP contribution in [-0.2, 0) is 0 Å². The molecular weight excluding hydrogens is 356 g/mol. The number of carbonyl (C=O) groups is 1. The van der Waals surface area contributed by atoms with Crippen molar-refractivity contribution in [1.82, 2.24) is 15.3 Å². The molecule has 0 radical (unpaired) electrons. The Balaban J connectivity index is 2.22. The van der Waals surface area contributed by atoms with Crippen LogP contribution in [0, 0.1) is 13.8 Å². The van der Waals surface area contributed by atoms with Gasteiger partial charge in [0.15, 0.2) is 0 Å². The van der Waals surface area contributed by atoms with Crippen molar-refractivity contribution in [3.63, 3.8) is 0 Å². The summed E-state index contributed by atoms with van der Waals surface area (Å²) in [5, 5.41) is 6.06. The molecule has 1 aromatic carbocycles. The molecule has 2 aromatic rings. The van der Waals surface area contributed by atoms with Gasteiger partial charge in [-0.05, 0) is 51.0 Å². The molecule has 1 unspecified atom stereocenters. The lowest BCUT2D eigenvalue weighted by Crippen LogP contribution is -2.32. The Hall–Kier alpha value is -1.95. The molecule has 0 spiro atoms. The zero-order valence-corrected chi connectivity index (χ0v) is 15.4. The summed E-state index contributed by atoms with van der Waals surface area (Å²) in [4.78, 5) is 20.9. The van der Waals surface area contributed by atoms with Crippen LogP contribution >= 0.6 is 15.9 Å². The second-order valence-electron chi connectivity index (χ2n) is 5.59. The molecule has 2 rings (SSSR count). The van der Waals surface area contributed by atoms with E-state index in [9.17, 15) is 4.79 Å². The van der Waals surface area contributed by atoms with Gasteiger partial charge in [0.2, 0.25) is 5.95 Å². The Morgan fingerprint density at radius 1 is 1.26 bits per heavy atom. The lowest BCUT2D eigenvalue weighted by molar-refractivity contribution is 0.0934. The first-order chi connectivity index (χ1) is 10.9. The first-order valence-corrected chi connectivity index (χ1v) is 8.38. The molecule has 23 heavy (non-hydrogen) atoms. The van der Waals surface area contributed by atoms with Gasteiger partial charge < -0.3 is 10.6 Å². The first kappa shape index (κ1) is 17.4. The van der Waals surface area contributed by atoms with Crippen LogP contribution < -0.4 is 10.6 Å². The second-order valence-corrected chi connectivity index (χ2v) is 6.44. The maximum atomic E-state index is 12.2. The van der Waals surface area contributed by atoms with Gasteiger partial charge in [0.25, 0.3) is 5.91 Å². The molecule has 1 heterocycles. The molecule has 0 bridgehead atoms. The minimum atomic E-state index is -0.182. The highest BCUT2D eigenvalue weighted by Crippen LogP contribution is 2.22. The lowest BCUT2D eigenvalue weighted by Gasteiger charge is -2.12. The summed E-state index contributed by atoms with van der Waals surface area (Å²) in [5.74, 6) is 0.230. The van der Waals surface area contributed by atoms with Crippen LogP contribution in [-0.4, -0.2) is 21.9 Å². The van der Waals surface area contributed by atoms with Crippen molar-refractivity contribution in [2.75, 3.05) is 5.32 Å². The number of anilines is 2. The lowest BCUT2D eigenvalue weighted by atomic mass is 10.2. The normalized spacial score (nSPS) is 11.9. The van der Waals surface area contributed by atoms with Gasteiger partial charge in [-0.2, -0.15) is 0 Å². The minimum absolute atomic E-state index is 0.113. The van der Waals surface area contributed by atoms with E-state index in [4.69, 9.17) is 0 Å². The Morgan fingerprint density at radius 3 is 2.65 bits per heavy atom. The molecule has 0 saturated carbocycles. The highest BCUT2D eigenvalue weighted by Gasteiger charge is 2.12. The number of amides is 1. The van der Waals surface area contributed by atoms with E-state index in [1.165, 1.54) is 0 Å². The number of nitrogens with one attached hydrogen (secondary N) is 2. The number of hydrogen-bond acceptors (Lipinski definition) is 4. The number of aromatic nitrogens is 2. The topological polar surface area (TPSA) is 66.9 Å². The number of halogens is 1. The van der Waals surface area contributed by atoms with Crippen LogP contribution in [0.15, 0.2) is 28.7 Å². The summed E-state index contributed by atoms with van der Waals surface area (Å²) >= 11 is 3.50. The first-order valence-electron chi connectivity index (χ1n) is 7.58. The van der Waals surface area contributed by atoms with E-state index >= 15 is 0 Å². The van der Waals surface area contributed by atoms with Gasteiger partial charge in [-0.3, -0.25) is 4.79 Å². The van der Waals surface area contributed by atoms with E-state index in [0.717, 1.165) is 27.8 Å². The summed E-state index contributed by atoms with van der Waals surface area (Å²) in [7, 11) is 0. The third-order valence-corrected chi connectivity index (χ3v) is 4.36. The Bertz CT molecular complexity index is 718. The van der Waals surface area contributed by atoms with Gasteiger partial charge in [-0.15, -0.1) is 0 Å². The number of carbonyl (C=O) groups excluding carboxylic acids is 1. The summed E-state index contributed by atoms with van der Waals surface area (Å²) in [5.41, 5.74) is 3.12. The highest BCUT2D eigenvalue weighted by molar-refractivity contribution is 9.10. The van der Waals surface area contributed by atoms with Crippen LogP contribution in [0.2, 0.25) is 0 Å². The van der Waals surface area contributed by atoms with Crippen molar-refractivity contribution in [3.05, 3.63) is 45.7 Å². The maximum Gasteiger partial charge on any atom is 0.270 e. The zero-order valence-electron chi connectivity index (χ0n) is 13.8. The molecule has 6 heteroatoms. The molecule has 1 amide bonds. The average Bonchev–Trinajstić information content (AvgIpc) is 2.50. The predicted molar refractivity (Wildman–Crippen MR) is 96.1 cm³/mol. The number of aryl methyl sites for hydroxylation is 2. The summed E-state index contributed by atoms with van der Waals surface area (Å²) in [6, 6.07) is 7.71. The van der Waals surface area contributed by atoms with Gasteiger partial charge in [0.1, 0.15) is 5.69 Å². The van der Waals surface area contributed by atoms with Crippen LogP contribution in [0.25, 0.3) is 0 Å². The van der Waals surface area contributed by atoms with Crippen molar-refractivity contribution in [1.29, 1.82) is 0 Å². The van der Waals surface area contributed by atoms with E-state index in [-0.39, 0.29) is 11.9 Å². The molecule has 1 aromatic heterocycles. The Morgan fingerprint density at radius 2 is 2.00 bits per heavy atom. The summed E-state index contributed by atoms with van der Waals surface area (Å²) in [6.45, 7) is 7.86. The third-order valence-electron chi connectivity index (χ3n) is 3.50. The van der Waals surface area contributed by atoms with Crippen molar-refractivity contribution in [2.24, 2.45) is 0 Å². The van der Waals surface area contributed by atoms with Crippen LogP contribution in [0.1, 0.15) is 42.0 Å². The van der Waals surface area contributed by atoms with Crippen molar-refractivity contribution >= 4 is 33.5 Å². The third kappa shape index (κ3) is 4.76. The zero-order chi connectivity index (χ0) is 17.0. The number of hydrogen-bond donors (Lipinski definition) is 2. The molecule has 0 aliphatic carbocycles. The fourth-order valence-corrected chi connectivity index (χ4v) is 2.32. The molecule has 5 nitrogen and oxygen atoms in total. The fourth-order valence-electron chi connectivity index (χ4n) is 1.94. The summed E-state index contributed by atoms with van der Waals surface area (Å²) < 4.78 is 1.00. The molecular formula is C17H21BrN4O. The van der Waals surface area contributed by atoms with E-state index in [1.54, 1.807) is 6.07 Å². The smallest absolute Gasteiger partial charge is 0.270 e. The van der Waals surface area contributed by atoms with E-state index in [2.05, 4.69) is 36.5 Å².